The van der Waals surface area contributed by atoms with Crippen molar-refractivity contribution in [1.82, 2.24) is 15.3 Å². The zero-order chi connectivity index (χ0) is 23.8. The second-order valence-electron chi connectivity index (χ2n) is 8.51. The first kappa shape index (κ1) is 22.9. The molecule has 0 amide bonds. The molecule has 0 radical (unpaired) electrons. The molecule has 2 N–H and O–H groups in total. The van der Waals surface area contributed by atoms with E-state index < -0.39 is 0 Å². The van der Waals surface area contributed by atoms with E-state index in [9.17, 15) is 0 Å². The molecule has 1 fully saturated rings. The Labute approximate surface area is 218 Å². The van der Waals surface area contributed by atoms with Crippen LogP contribution in [0.4, 0.5) is 5.69 Å². The summed E-state index contributed by atoms with van der Waals surface area (Å²) in [6, 6.07) is 22.1. The fraction of sp³-hybridized carbons (Fsp3) is 0.185. The van der Waals surface area contributed by atoms with Gasteiger partial charge in [0.05, 0.1) is 17.8 Å². The van der Waals surface area contributed by atoms with Crippen LogP contribution in [0.5, 0.6) is 11.5 Å². The summed E-state index contributed by atoms with van der Waals surface area (Å²) in [5.41, 5.74) is 6.71. The van der Waals surface area contributed by atoms with Crippen LogP contribution in [0.15, 0.2) is 72.9 Å². The molecular weight excluding hydrogens is 555 g/mol. The average Bonchev–Trinajstić information content (AvgIpc) is 3.30. The van der Waals surface area contributed by atoms with Crippen molar-refractivity contribution in [3.63, 3.8) is 0 Å². The molecular formula is C27H25IN4OS. The van der Waals surface area contributed by atoms with Gasteiger partial charge in [0, 0.05) is 32.4 Å². The zero-order valence-electron chi connectivity index (χ0n) is 19.2. The largest absolute Gasteiger partial charge is 0.457 e. The molecule has 1 saturated heterocycles. The molecule has 0 bridgehead atoms. The number of nitrogens with zero attached hydrogens (tertiary/aromatic N) is 2. The molecule has 5 nitrogen and oxygen atoms in total. The Hall–Kier alpha value is -2.91. The lowest BCUT2D eigenvalue weighted by atomic mass is 9.96. The van der Waals surface area contributed by atoms with Gasteiger partial charge in [0.15, 0.2) is 5.11 Å². The van der Waals surface area contributed by atoms with Crippen LogP contribution in [-0.2, 0) is 0 Å². The number of aromatic nitrogens is 2. The maximum atomic E-state index is 6.04. The molecule has 2 atom stereocenters. The lowest BCUT2D eigenvalue weighted by Crippen LogP contribution is -2.29. The number of pyridine rings is 1. The predicted octanol–water partition coefficient (Wildman–Crippen LogP) is 6.91. The van der Waals surface area contributed by atoms with E-state index in [1.807, 2.05) is 54.7 Å². The van der Waals surface area contributed by atoms with Crippen LogP contribution in [0.1, 0.15) is 40.3 Å². The van der Waals surface area contributed by atoms with Gasteiger partial charge in [0.25, 0.3) is 0 Å². The normalized spacial score (nSPS) is 17.6. The second-order valence-corrected chi connectivity index (χ2v) is 9.97. The highest BCUT2D eigenvalue weighted by Gasteiger charge is 2.43. The van der Waals surface area contributed by atoms with Crippen molar-refractivity contribution in [2.24, 2.45) is 0 Å². The molecule has 0 unspecified atom stereocenters. The predicted molar refractivity (Wildman–Crippen MR) is 149 cm³/mol. The summed E-state index contributed by atoms with van der Waals surface area (Å²) in [5.74, 6) is 1.60. The molecule has 0 spiro atoms. The fourth-order valence-electron chi connectivity index (χ4n) is 4.47. The van der Waals surface area contributed by atoms with Gasteiger partial charge in [-0.05, 0) is 104 Å². The van der Waals surface area contributed by atoms with E-state index in [0.29, 0.717) is 5.11 Å². The monoisotopic (exact) mass is 580 g/mol. The molecule has 1 aliphatic rings. The number of hydrogen-bond acceptors (Lipinski definition) is 3. The number of aromatic amines is 1. The Kier molecular flexibility index (Phi) is 6.31. The van der Waals surface area contributed by atoms with Crippen molar-refractivity contribution >= 4 is 45.6 Å². The highest BCUT2D eigenvalue weighted by atomic mass is 127. The number of H-pyrrole nitrogens is 1. The summed E-state index contributed by atoms with van der Waals surface area (Å²) in [7, 11) is 0. The van der Waals surface area contributed by atoms with Gasteiger partial charge in [-0.2, -0.15) is 0 Å². The maximum Gasteiger partial charge on any atom is 0.174 e. The second kappa shape index (κ2) is 9.38. The van der Waals surface area contributed by atoms with Crippen LogP contribution in [0.2, 0.25) is 0 Å². The van der Waals surface area contributed by atoms with E-state index in [0.717, 1.165) is 34.3 Å². The highest BCUT2D eigenvalue weighted by Crippen LogP contribution is 2.44. The van der Waals surface area contributed by atoms with Crippen LogP contribution < -0.4 is 15.0 Å². The van der Waals surface area contributed by atoms with E-state index in [1.54, 1.807) is 0 Å². The number of benzene rings is 2. The van der Waals surface area contributed by atoms with Crippen molar-refractivity contribution in [1.29, 1.82) is 0 Å². The standard InChI is InChI=1S/C27H25IN4OS/c1-16-7-11-20(12-8-16)33-21-13-9-19(10-14-21)32-26(23-17(2)30-18(3)24(23)28)25(31-27(32)34)22-6-4-5-15-29-22/h4-15,25-26,30H,1-3H3,(H,31,34)/t25-,26-/m1/s1. The number of ether oxygens (including phenoxy) is 1. The molecule has 3 heterocycles. The van der Waals surface area contributed by atoms with Gasteiger partial charge < -0.3 is 19.9 Å². The van der Waals surface area contributed by atoms with Gasteiger partial charge in [-0.3, -0.25) is 4.98 Å². The van der Waals surface area contributed by atoms with Crippen molar-refractivity contribution in [2.45, 2.75) is 32.9 Å². The van der Waals surface area contributed by atoms with E-state index in [-0.39, 0.29) is 12.1 Å². The third-order valence-electron chi connectivity index (χ3n) is 6.11. The molecule has 1 aliphatic heterocycles. The third kappa shape index (κ3) is 4.30. The topological polar surface area (TPSA) is 53.2 Å². The van der Waals surface area contributed by atoms with E-state index in [1.165, 1.54) is 14.7 Å². The number of halogens is 1. The number of anilines is 1. The summed E-state index contributed by atoms with van der Waals surface area (Å²) in [6.07, 6.45) is 1.83. The summed E-state index contributed by atoms with van der Waals surface area (Å²) >= 11 is 8.29. The van der Waals surface area contributed by atoms with Crippen molar-refractivity contribution in [3.8, 4) is 11.5 Å². The Balaban J connectivity index is 1.52. The SMILES string of the molecule is Cc1ccc(Oc2ccc(N3C(=S)N[C@H](c4ccccn4)[C@H]3c3c(C)[nH]c(C)c3I)cc2)cc1. The Morgan fingerprint density at radius 2 is 1.59 bits per heavy atom. The Morgan fingerprint density at radius 1 is 0.912 bits per heavy atom. The van der Waals surface area contributed by atoms with Crippen LogP contribution in [0, 0.1) is 24.3 Å². The smallest absolute Gasteiger partial charge is 0.174 e. The summed E-state index contributed by atoms with van der Waals surface area (Å²) < 4.78 is 7.26. The summed E-state index contributed by atoms with van der Waals surface area (Å²) in [6.45, 7) is 6.30. The highest BCUT2D eigenvalue weighted by molar-refractivity contribution is 14.1. The fourth-order valence-corrected chi connectivity index (χ4v) is 5.67. The van der Waals surface area contributed by atoms with E-state index in [4.69, 9.17) is 17.0 Å². The summed E-state index contributed by atoms with van der Waals surface area (Å²) in [5, 5.41) is 4.22. The van der Waals surface area contributed by atoms with Gasteiger partial charge in [0.1, 0.15) is 11.5 Å². The van der Waals surface area contributed by atoms with Crippen LogP contribution in [0.3, 0.4) is 0 Å². The first-order valence-corrected chi connectivity index (χ1v) is 12.6. The lowest BCUT2D eigenvalue weighted by Gasteiger charge is -2.28. The molecule has 2 aromatic carbocycles. The minimum Gasteiger partial charge on any atom is -0.457 e. The third-order valence-corrected chi connectivity index (χ3v) is 7.81. The number of rotatable bonds is 5. The van der Waals surface area contributed by atoms with Crippen LogP contribution >= 0.6 is 34.8 Å². The van der Waals surface area contributed by atoms with E-state index in [2.05, 4.69) is 81.7 Å². The molecule has 172 valence electrons. The number of hydrogen-bond donors (Lipinski definition) is 2. The van der Waals surface area contributed by atoms with Crippen LogP contribution in [0.25, 0.3) is 0 Å². The molecule has 7 heteroatoms. The van der Waals surface area contributed by atoms with Crippen molar-refractivity contribution in [3.05, 3.63) is 105 Å². The number of aryl methyl sites for hydroxylation is 3. The van der Waals surface area contributed by atoms with E-state index >= 15 is 0 Å². The first-order chi connectivity index (χ1) is 16.4. The van der Waals surface area contributed by atoms with Crippen molar-refractivity contribution < 1.29 is 4.74 Å². The summed E-state index contributed by atoms with van der Waals surface area (Å²) in [4.78, 5) is 10.4. The minimum absolute atomic E-state index is 0.0388. The lowest BCUT2D eigenvalue weighted by molar-refractivity contribution is 0.482. The molecule has 4 aromatic rings. The van der Waals surface area contributed by atoms with Gasteiger partial charge in [0.2, 0.25) is 0 Å². The van der Waals surface area contributed by atoms with Gasteiger partial charge >= 0.3 is 0 Å². The van der Waals surface area contributed by atoms with Gasteiger partial charge in [-0.1, -0.05) is 23.8 Å². The molecule has 5 rings (SSSR count). The van der Waals surface area contributed by atoms with Gasteiger partial charge in [-0.25, -0.2) is 0 Å². The quantitative estimate of drug-likeness (QED) is 0.199. The Morgan fingerprint density at radius 3 is 2.18 bits per heavy atom. The zero-order valence-corrected chi connectivity index (χ0v) is 22.1. The molecule has 0 saturated carbocycles. The number of thiocarbonyl (C=S) groups is 1. The minimum atomic E-state index is -0.0698. The molecule has 2 aromatic heterocycles. The van der Waals surface area contributed by atoms with Crippen LogP contribution in [-0.4, -0.2) is 15.1 Å². The molecule has 0 aliphatic carbocycles. The van der Waals surface area contributed by atoms with Crippen molar-refractivity contribution in [2.75, 3.05) is 4.90 Å². The first-order valence-electron chi connectivity index (χ1n) is 11.1. The number of nitrogens with one attached hydrogen (secondary N) is 2. The average molecular weight is 580 g/mol. The Bertz CT molecular complexity index is 1320. The van der Waals surface area contributed by atoms with Gasteiger partial charge in [-0.15, -0.1) is 0 Å². The maximum absolute atomic E-state index is 6.04. The molecule has 34 heavy (non-hydrogen) atoms.